The molecular formula is C17H7Cl6NO. The summed E-state index contributed by atoms with van der Waals surface area (Å²) in [6.45, 7) is 0. The molecule has 1 heterocycles. The van der Waals surface area contributed by atoms with Gasteiger partial charge >= 0.3 is 0 Å². The van der Waals surface area contributed by atoms with Crippen LogP contribution in [0, 0.1) is 0 Å². The minimum absolute atomic E-state index is 0.258. The van der Waals surface area contributed by atoms with E-state index in [1.807, 2.05) is 0 Å². The van der Waals surface area contributed by atoms with E-state index < -0.39 is 0 Å². The predicted molar refractivity (Wildman–Crippen MR) is 108 cm³/mol. The number of halogens is 6. The van der Waals surface area contributed by atoms with Gasteiger partial charge in [0, 0.05) is 32.9 Å². The molecule has 0 aliphatic rings. The van der Waals surface area contributed by atoms with Crippen molar-refractivity contribution in [3.63, 3.8) is 0 Å². The van der Waals surface area contributed by atoms with E-state index in [1.54, 1.807) is 18.2 Å². The lowest BCUT2D eigenvalue weighted by atomic mass is 10.0. The highest BCUT2D eigenvalue weighted by atomic mass is 35.5. The van der Waals surface area contributed by atoms with Gasteiger partial charge in [-0.1, -0.05) is 69.6 Å². The van der Waals surface area contributed by atoms with Crippen LogP contribution in [0.25, 0.3) is 22.3 Å². The van der Waals surface area contributed by atoms with Crippen molar-refractivity contribution in [2.24, 2.45) is 0 Å². The van der Waals surface area contributed by atoms with E-state index in [1.165, 1.54) is 18.3 Å². The molecule has 3 rings (SSSR count). The molecule has 8 heteroatoms. The largest absolute Gasteiger partial charge is 0.328 e. The second kappa shape index (κ2) is 7.40. The number of aromatic nitrogens is 1. The second-order valence-corrected chi connectivity index (χ2v) is 7.62. The van der Waals surface area contributed by atoms with E-state index in [9.17, 15) is 4.79 Å². The Morgan fingerprint density at radius 2 is 1.08 bits per heavy atom. The summed E-state index contributed by atoms with van der Waals surface area (Å²) < 4.78 is 0. The van der Waals surface area contributed by atoms with Crippen molar-refractivity contribution in [1.29, 1.82) is 0 Å². The summed E-state index contributed by atoms with van der Waals surface area (Å²) in [5.41, 5.74) is 1.40. The fourth-order valence-corrected chi connectivity index (χ4v) is 4.49. The monoisotopic (exact) mass is 451 g/mol. The van der Waals surface area contributed by atoms with Gasteiger partial charge in [0.15, 0.2) is 0 Å². The van der Waals surface area contributed by atoms with Crippen LogP contribution in [0.4, 0.5) is 0 Å². The molecule has 0 aliphatic heterocycles. The van der Waals surface area contributed by atoms with Crippen LogP contribution in [0.3, 0.4) is 0 Å². The number of rotatable bonds is 2. The number of aromatic amines is 1. The third kappa shape index (κ3) is 3.80. The molecule has 0 aliphatic carbocycles. The molecule has 1 N–H and O–H groups in total. The van der Waals surface area contributed by atoms with Crippen LogP contribution < -0.4 is 5.56 Å². The van der Waals surface area contributed by atoms with Gasteiger partial charge in [0.1, 0.15) is 0 Å². The first-order valence-corrected chi connectivity index (χ1v) is 9.07. The first-order chi connectivity index (χ1) is 11.8. The Kier molecular flexibility index (Phi) is 5.60. The molecule has 0 amide bonds. The van der Waals surface area contributed by atoms with Crippen LogP contribution in [0.5, 0.6) is 0 Å². The zero-order valence-corrected chi connectivity index (χ0v) is 16.7. The quantitative estimate of drug-likeness (QED) is 0.425. The summed E-state index contributed by atoms with van der Waals surface area (Å²) in [5.74, 6) is 0. The van der Waals surface area contributed by atoms with E-state index in [2.05, 4.69) is 4.98 Å². The molecular weight excluding hydrogens is 447 g/mol. The Morgan fingerprint density at radius 1 is 0.640 bits per heavy atom. The Hall–Kier alpha value is -0.870. The normalized spacial score (nSPS) is 11.0. The van der Waals surface area contributed by atoms with Crippen LogP contribution in [0.1, 0.15) is 0 Å². The summed E-state index contributed by atoms with van der Waals surface area (Å²) in [6, 6.07) is 7.77. The molecule has 128 valence electrons. The smallest absolute Gasteiger partial charge is 0.255 e. The zero-order chi connectivity index (χ0) is 18.3. The number of nitrogens with one attached hydrogen (secondary N) is 1. The number of benzene rings is 2. The van der Waals surface area contributed by atoms with Gasteiger partial charge in [0.25, 0.3) is 5.56 Å². The zero-order valence-electron chi connectivity index (χ0n) is 12.1. The number of hydrogen-bond donors (Lipinski definition) is 1. The standard InChI is InChI=1S/C17H7Cl6NO/c18-8-2-11(20)15(12(21)3-8)7-1-10(17(25)24-6-7)16-13(22)4-9(19)5-14(16)23/h1-6H,(H,24,25). The summed E-state index contributed by atoms with van der Waals surface area (Å²) >= 11 is 36.9. The second-order valence-electron chi connectivity index (χ2n) is 5.12. The molecule has 0 fully saturated rings. The van der Waals surface area contributed by atoms with Crippen LogP contribution in [0.2, 0.25) is 30.1 Å². The molecule has 0 atom stereocenters. The molecule has 1 aromatic heterocycles. The van der Waals surface area contributed by atoms with Crippen molar-refractivity contribution in [1.82, 2.24) is 4.98 Å². The lowest BCUT2D eigenvalue weighted by molar-refractivity contribution is 1.24. The molecule has 0 unspecified atom stereocenters. The van der Waals surface area contributed by atoms with E-state index in [4.69, 9.17) is 69.6 Å². The SMILES string of the molecule is O=c1[nH]cc(-c2c(Cl)cc(Cl)cc2Cl)cc1-c1c(Cl)cc(Cl)cc1Cl. The maximum atomic E-state index is 12.3. The topological polar surface area (TPSA) is 32.9 Å². The highest BCUT2D eigenvalue weighted by molar-refractivity contribution is 6.43. The van der Waals surface area contributed by atoms with Gasteiger partial charge in [0.05, 0.1) is 25.7 Å². The number of hydrogen-bond acceptors (Lipinski definition) is 1. The Morgan fingerprint density at radius 3 is 1.56 bits per heavy atom. The van der Waals surface area contributed by atoms with Gasteiger partial charge < -0.3 is 4.98 Å². The highest BCUT2D eigenvalue weighted by Gasteiger charge is 2.17. The molecule has 0 bridgehead atoms. The summed E-state index contributed by atoms with van der Waals surface area (Å²) in [4.78, 5) is 15.0. The molecule has 0 spiro atoms. The van der Waals surface area contributed by atoms with E-state index >= 15 is 0 Å². The van der Waals surface area contributed by atoms with Gasteiger partial charge in [-0.15, -0.1) is 0 Å². The Labute approximate surface area is 173 Å². The first-order valence-electron chi connectivity index (χ1n) is 6.80. The van der Waals surface area contributed by atoms with Crippen molar-refractivity contribution in [2.75, 3.05) is 0 Å². The third-order valence-electron chi connectivity index (χ3n) is 3.48. The molecule has 2 aromatic carbocycles. The van der Waals surface area contributed by atoms with Crippen molar-refractivity contribution in [3.05, 3.63) is 77.0 Å². The van der Waals surface area contributed by atoms with Crippen LogP contribution >= 0.6 is 69.6 Å². The van der Waals surface area contributed by atoms with Crippen molar-refractivity contribution in [3.8, 4) is 22.3 Å². The van der Waals surface area contributed by atoms with Gasteiger partial charge in [-0.2, -0.15) is 0 Å². The lowest BCUT2D eigenvalue weighted by Gasteiger charge is -2.11. The number of H-pyrrole nitrogens is 1. The van der Waals surface area contributed by atoms with Crippen LogP contribution in [-0.2, 0) is 0 Å². The molecule has 3 aromatic rings. The molecule has 0 saturated carbocycles. The minimum atomic E-state index is -0.365. The van der Waals surface area contributed by atoms with Crippen molar-refractivity contribution >= 4 is 69.6 Å². The summed E-state index contributed by atoms with van der Waals surface area (Å²) in [7, 11) is 0. The van der Waals surface area contributed by atoms with Gasteiger partial charge in [-0.05, 0) is 30.3 Å². The average molecular weight is 454 g/mol. The van der Waals surface area contributed by atoms with E-state index in [0.717, 1.165) is 0 Å². The highest BCUT2D eigenvalue weighted by Crippen LogP contribution is 2.40. The van der Waals surface area contributed by atoms with E-state index in [-0.39, 0.29) is 21.2 Å². The molecule has 2 nitrogen and oxygen atoms in total. The molecule has 0 radical (unpaired) electrons. The van der Waals surface area contributed by atoms with Gasteiger partial charge in [-0.3, -0.25) is 4.79 Å². The third-order valence-corrected chi connectivity index (χ3v) is 5.10. The fraction of sp³-hybridized carbons (Fsp3) is 0. The molecule has 25 heavy (non-hydrogen) atoms. The van der Waals surface area contributed by atoms with E-state index in [0.29, 0.717) is 36.8 Å². The maximum Gasteiger partial charge on any atom is 0.255 e. The fourth-order valence-electron chi connectivity index (χ4n) is 2.43. The Balaban J connectivity index is 2.27. The maximum absolute atomic E-state index is 12.3. The van der Waals surface area contributed by atoms with Crippen molar-refractivity contribution in [2.45, 2.75) is 0 Å². The van der Waals surface area contributed by atoms with Gasteiger partial charge in [0.2, 0.25) is 0 Å². The minimum Gasteiger partial charge on any atom is -0.328 e. The van der Waals surface area contributed by atoms with Crippen molar-refractivity contribution < 1.29 is 0 Å². The van der Waals surface area contributed by atoms with Crippen LogP contribution in [-0.4, -0.2) is 4.98 Å². The first kappa shape index (κ1) is 18.9. The summed E-state index contributed by atoms with van der Waals surface area (Å²) in [5, 5.41) is 2.00. The lowest BCUT2D eigenvalue weighted by Crippen LogP contribution is -2.09. The van der Waals surface area contributed by atoms with Gasteiger partial charge in [-0.25, -0.2) is 0 Å². The summed E-state index contributed by atoms with van der Waals surface area (Å²) in [6.07, 6.45) is 1.50. The predicted octanol–water partition coefficient (Wildman–Crippen LogP) is 7.63. The number of pyridine rings is 1. The van der Waals surface area contributed by atoms with Crippen LogP contribution in [0.15, 0.2) is 41.3 Å². The average Bonchev–Trinajstić information content (AvgIpc) is 2.48. The molecule has 0 saturated heterocycles. The Bertz CT molecular complexity index is 998.